The smallest absolute Gasteiger partial charge is 0.480 e. The standard InChI is InChI=1S/C22H27F3N2O5/c1-11(2)10-21(19(30)31)15-14(17(28)27(18(15)29)20(3,4)5)16(26-21)12-6-8-13(9-7-12)32-22(23,24)25/h6-9,11,14-16,26H,10H2,1-5H3,(H,30,31). The lowest BCUT2D eigenvalue weighted by Crippen LogP contribution is -2.58. The molecule has 176 valence electrons. The van der Waals surface area contributed by atoms with Gasteiger partial charge in [0.05, 0.1) is 11.8 Å². The van der Waals surface area contributed by atoms with Crippen molar-refractivity contribution < 1.29 is 37.4 Å². The molecule has 0 spiro atoms. The predicted molar refractivity (Wildman–Crippen MR) is 107 cm³/mol. The molecule has 4 unspecified atom stereocenters. The maximum atomic E-state index is 13.4. The number of imide groups is 1. The molecule has 10 heteroatoms. The highest BCUT2D eigenvalue weighted by Gasteiger charge is 2.69. The molecule has 0 bridgehead atoms. The molecule has 1 aromatic rings. The number of ether oxygens (including phenoxy) is 1. The first-order valence-corrected chi connectivity index (χ1v) is 10.3. The molecule has 0 aliphatic carbocycles. The Morgan fingerprint density at radius 1 is 1.16 bits per heavy atom. The summed E-state index contributed by atoms with van der Waals surface area (Å²) in [5, 5.41) is 13.2. The number of carboxylic acids is 1. The number of likely N-dealkylation sites (tertiary alicyclic amines) is 1. The van der Waals surface area contributed by atoms with Crippen molar-refractivity contribution in [2.24, 2.45) is 17.8 Å². The Morgan fingerprint density at radius 3 is 2.16 bits per heavy atom. The molecule has 2 aliphatic rings. The normalized spacial score (nSPS) is 28.4. The van der Waals surface area contributed by atoms with Gasteiger partial charge in [0.2, 0.25) is 11.8 Å². The van der Waals surface area contributed by atoms with Crippen LogP contribution in [0.25, 0.3) is 0 Å². The van der Waals surface area contributed by atoms with E-state index in [1.807, 2.05) is 13.8 Å². The third-order valence-electron chi connectivity index (χ3n) is 5.91. The van der Waals surface area contributed by atoms with E-state index in [-0.39, 0.29) is 12.3 Å². The maximum Gasteiger partial charge on any atom is 0.573 e. The number of nitrogens with zero attached hydrogens (tertiary/aromatic N) is 1. The molecule has 0 aromatic heterocycles. The van der Waals surface area contributed by atoms with Gasteiger partial charge in [-0.25, -0.2) is 0 Å². The Kier molecular flexibility index (Phi) is 5.82. The molecule has 3 rings (SSSR count). The van der Waals surface area contributed by atoms with E-state index in [0.717, 1.165) is 17.0 Å². The van der Waals surface area contributed by atoms with Gasteiger partial charge in [-0.3, -0.25) is 24.6 Å². The van der Waals surface area contributed by atoms with Crippen molar-refractivity contribution in [2.45, 2.75) is 64.5 Å². The van der Waals surface area contributed by atoms with E-state index in [0.29, 0.717) is 5.56 Å². The first-order valence-electron chi connectivity index (χ1n) is 10.3. The van der Waals surface area contributed by atoms with Gasteiger partial charge < -0.3 is 9.84 Å². The molecule has 0 saturated carbocycles. The number of nitrogens with one attached hydrogen (secondary N) is 1. The van der Waals surface area contributed by atoms with Crippen LogP contribution in [0.5, 0.6) is 5.75 Å². The highest BCUT2D eigenvalue weighted by atomic mass is 19.4. The van der Waals surface area contributed by atoms with Gasteiger partial charge in [-0.05, 0) is 50.8 Å². The third kappa shape index (κ3) is 4.07. The van der Waals surface area contributed by atoms with Crippen molar-refractivity contribution in [2.75, 3.05) is 0 Å². The van der Waals surface area contributed by atoms with Crippen molar-refractivity contribution in [1.29, 1.82) is 0 Å². The maximum absolute atomic E-state index is 13.4. The highest BCUT2D eigenvalue weighted by Crippen LogP contribution is 2.52. The van der Waals surface area contributed by atoms with E-state index in [9.17, 15) is 32.7 Å². The number of hydrogen-bond donors (Lipinski definition) is 2. The fourth-order valence-corrected chi connectivity index (χ4v) is 4.94. The first kappa shape index (κ1) is 24.0. The van der Waals surface area contributed by atoms with E-state index >= 15 is 0 Å². The van der Waals surface area contributed by atoms with Gasteiger partial charge in [0.25, 0.3) is 0 Å². The van der Waals surface area contributed by atoms with Crippen LogP contribution in [0, 0.1) is 17.8 Å². The van der Waals surface area contributed by atoms with E-state index in [1.165, 1.54) is 12.1 Å². The van der Waals surface area contributed by atoms with Crippen LogP contribution >= 0.6 is 0 Å². The van der Waals surface area contributed by atoms with Gasteiger partial charge in [-0.2, -0.15) is 0 Å². The fraction of sp³-hybridized carbons (Fsp3) is 0.591. The van der Waals surface area contributed by atoms with Crippen LogP contribution in [0.4, 0.5) is 13.2 Å². The number of amides is 2. The quantitative estimate of drug-likeness (QED) is 0.659. The number of alkyl halides is 3. The van der Waals surface area contributed by atoms with E-state index < -0.39 is 58.9 Å². The van der Waals surface area contributed by atoms with Gasteiger partial charge >= 0.3 is 12.3 Å². The Bertz CT molecular complexity index is 923. The minimum absolute atomic E-state index is 0.103. The number of carbonyl (C=O) groups excluding carboxylic acids is 2. The van der Waals surface area contributed by atoms with Crippen LogP contribution in [-0.2, 0) is 14.4 Å². The zero-order valence-electron chi connectivity index (χ0n) is 18.5. The fourth-order valence-electron chi connectivity index (χ4n) is 4.94. The third-order valence-corrected chi connectivity index (χ3v) is 5.91. The van der Waals surface area contributed by atoms with Crippen LogP contribution in [0.2, 0.25) is 0 Å². The molecule has 0 radical (unpaired) electrons. The molecule has 2 N–H and O–H groups in total. The van der Waals surface area contributed by atoms with Crippen LogP contribution in [-0.4, -0.2) is 45.2 Å². The number of aliphatic carboxylic acids is 1. The molecule has 32 heavy (non-hydrogen) atoms. The average molecular weight is 456 g/mol. The van der Waals surface area contributed by atoms with Gasteiger partial charge in [-0.1, -0.05) is 26.0 Å². The molecule has 7 nitrogen and oxygen atoms in total. The summed E-state index contributed by atoms with van der Waals surface area (Å²) in [5.74, 6) is -4.95. The lowest BCUT2D eigenvalue weighted by molar-refractivity contribution is -0.274. The lowest BCUT2D eigenvalue weighted by Gasteiger charge is -2.36. The SMILES string of the molecule is CC(C)CC1(C(=O)O)NC(c2ccc(OC(F)(F)F)cc2)C2C(=O)N(C(C)(C)C)C(=O)C21. The zero-order valence-corrected chi connectivity index (χ0v) is 18.5. The summed E-state index contributed by atoms with van der Waals surface area (Å²) in [4.78, 5) is 40.4. The molecule has 2 heterocycles. The summed E-state index contributed by atoms with van der Waals surface area (Å²) in [6.45, 7) is 8.73. The number of fused-ring (bicyclic) bond motifs is 1. The summed E-state index contributed by atoms with van der Waals surface area (Å²) in [7, 11) is 0. The van der Waals surface area contributed by atoms with Crippen LogP contribution < -0.4 is 10.1 Å². The van der Waals surface area contributed by atoms with Crippen LogP contribution in [0.3, 0.4) is 0 Å². The number of halogens is 3. The molecule has 2 fully saturated rings. The van der Waals surface area contributed by atoms with E-state index in [1.54, 1.807) is 20.8 Å². The van der Waals surface area contributed by atoms with E-state index in [4.69, 9.17) is 0 Å². The largest absolute Gasteiger partial charge is 0.573 e. The molecular formula is C22H27F3N2O5. The second-order valence-corrected chi connectivity index (χ2v) is 9.80. The summed E-state index contributed by atoms with van der Waals surface area (Å²) >= 11 is 0. The molecule has 2 aliphatic heterocycles. The van der Waals surface area contributed by atoms with E-state index in [2.05, 4.69) is 10.1 Å². The Hall–Kier alpha value is -2.62. The van der Waals surface area contributed by atoms with Crippen molar-refractivity contribution in [1.82, 2.24) is 10.2 Å². The summed E-state index contributed by atoms with van der Waals surface area (Å²) in [6.07, 6.45) is -4.75. The summed E-state index contributed by atoms with van der Waals surface area (Å²) in [6, 6.07) is 4.04. The molecule has 4 atom stereocenters. The average Bonchev–Trinajstić information content (AvgIpc) is 3.08. The van der Waals surface area contributed by atoms with Gasteiger partial charge in [-0.15, -0.1) is 13.2 Å². The second-order valence-electron chi connectivity index (χ2n) is 9.80. The van der Waals surface area contributed by atoms with Gasteiger partial charge in [0.1, 0.15) is 11.3 Å². The number of rotatable bonds is 5. The van der Waals surface area contributed by atoms with Crippen LogP contribution in [0.15, 0.2) is 24.3 Å². The second kappa shape index (κ2) is 7.75. The number of carboxylic acid groups (broad SMARTS) is 1. The van der Waals surface area contributed by atoms with Crippen LogP contribution in [0.1, 0.15) is 52.6 Å². The Morgan fingerprint density at radius 2 is 1.72 bits per heavy atom. The molecule has 2 saturated heterocycles. The van der Waals surface area contributed by atoms with Crippen molar-refractivity contribution >= 4 is 17.8 Å². The van der Waals surface area contributed by atoms with Gasteiger partial charge in [0, 0.05) is 11.6 Å². The topological polar surface area (TPSA) is 95.9 Å². The number of carbonyl (C=O) groups is 3. The number of hydrogen-bond acceptors (Lipinski definition) is 5. The van der Waals surface area contributed by atoms with Crippen molar-refractivity contribution in [3.63, 3.8) is 0 Å². The highest BCUT2D eigenvalue weighted by molar-refractivity contribution is 6.10. The summed E-state index contributed by atoms with van der Waals surface area (Å²) in [5.41, 5.74) is -2.13. The predicted octanol–water partition coefficient (Wildman–Crippen LogP) is 3.50. The van der Waals surface area contributed by atoms with Crippen molar-refractivity contribution in [3.8, 4) is 5.75 Å². The Balaban J connectivity index is 2.09. The molecule has 1 aromatic carbocycles. The minimum Gasteiger partial charge on any atom is -0.480 e. The molecule has 2 amide bonds. The first-order chi connectivity index (χ1) is 14.6. The monoisotopic (exact) mass is 456 g/mol. The number of benzene rings is 1. The zero-order chi connectivity index (χ0) is 24.2. The molecular weight excluding hydrogens is 429 g/mol. The Labute approximate surface area is 183 Å². The van der Waals surface area contributed by atoms with Gasteiger partial charge in [0.15, 0.2) is 0 Å². The lowest BCUT2D eigenvalue weighted by atomic mass is 9.75. The minimum atomic E-state index is -4.85. The summed E-state index contributed by atoms with van der Waals surface area (Å²) < 4.78 is 41.4. The van der Waals surface area contributed by atoms with Crippen molar-refractivity contribution in [3.05, 3.63) is 29.8 Å².